The molecule has 1 saturated carbocycles. The molecule has 2 aromatic rings. The first-order valence-electron chi connectivity index (χ1n) is 7.24. The van der Waals surface area contributed by atoms with Crippen molar-refractivity contribution >= 4 is 10.9 Å². The summed E-state index contributed by atoms with van der Waals surface area (Å²) in [6.07, 6.45) is 7.44. The molecule has 1 aromatic carbocycles. The number of hydrogen-bond acceptors (Lipinski definition) is 2. The number of rotatable bonds is 4. The molecule has 19 heavy (non-hydrogen) atoms. The van der Waals surface area contributed by atoms with Gasteiger partial charge in [0.1, 0.15) is 0 Å². The topological polar surface area (TPSA) is 48.0 Å². The van der Waals surface area contributed by atoms with Crippen molar-refractivity contribution < 1.29 is 5.11 Å². The number of aromatic amines is 1. The minimum atomic E-state index is -0.476. The Bertz CT molecular complexity index is 540. The molecule has 0 radical (unpaired) electrons. The summed E-state index contributed by atoms with van der Waals surface area (Å²) in [5.74, 6) is 0. The molecule has 1 fully saturated rings. The van der Waals surface area contributed by atoms with Crippen LogP contribution in [0, 0.1) is 0 Å². The van der Waals surface area contributed by atoms with Gasteiger partial charge in [-0.25, -0.2) is 0 Å². The maximum absolute atomic E-state index is 10.4. The van der Waals surface area contributed by atoms with E-state index in [0.717, 1.165) is 32.2 Å². The smallest absolute Gasteiger partial charge is 0.0771 e. The molecule has 0 atom stereocenters. The highest BCUT2D eigenvalue weighted by atomic mass is 16.3. The molecule has 1 aliphatic rings. The van der Waals surface area contributed by atoms with Gasteiger partial charge in [0.25, 0.3) is 0 Å². The van der Waals surface area contributed by atoms with E-state index >= 15 is 0 Å². The largest absolute Gasteiger partial charge is 0.389 e. The molecule has 0 saturated heterocycles. The van der Waals surface area contributed by atoms with Crippen molar-refractivity contribution in [1.82, 2.24) is 10.3 Å². The molecule has 1 aromatic heterocycles. The zero-order valence-corrected chi connectivity index (χ0v) is 11.3. The van der Waals surface area contributed by atoms with Crippen LogP contribution < -0.4 is 5.32 Å². The van der Waals surface area contributed by atoms with Gasteiger partial charge < -0.3 is 15.4 Å². The Hall–Kier alpha value is -1.32. The molecule has 0 amide bonds. The van der Waals surface area contributed by atoms with Gasteiger partial charge in [-0.1, -0.05) is 25.3 Å². The van der Waals surface area contributed by atoms with Crippen LogP contribution in [0.3, 0.4) is 0 Å². The molecule has 3 rings (SSSR count). The second-order valence-electron chi connectivity index (χ2n) is 5.79. The number of fused-ring (bicyclic) bond motifs is 1. The van der Waals surface area contributed by atoms with Gasteiger partial charge in [-0.15, -0.1) is 0 Å². The molecule has 0 unspecified atom stereocenters. The van der Waals surface area contributed by atoms with Crippen LogP contribution >= 0.6 is 0 Å². The zero-order valence-electron chi connectivity index (χ0n) is 11.3. The Kier molecular flexibility index (Phi) is 3.58. The third-order valence-electron chi connectivity index (χ3n) is 4.19. The molecule has 1 aliphatic carbocycles. The standard InChI is InChI=1S/C16H22N2O/c19-16(7-2-1-3-8-16)12-17-11-13-4-5-15-14(10-13)6-9-18-15/h4-6,9-10,17-19H,1-3,7-8,11-12H2. The highest BCUT2D eigenvalue weighted by molar-refractivity contribution is 5.79. The van der Waals surface area contributed by atoms with Crippen LogP contribution in [-0.4, -0.2) is 22.2 Å². The van der Waals surface area contributed by atoms with E-state index in [1.54, 1.807) is 0 Å². The van der Waals surface area contributed by atoms with Crippen molar-refractivity contribution in [2.75, 3.05) is 6.54 Å². The van der Waals surface area contributed by atoms with Gasteiger partial charge >= 0.3 is 0 Å². The predicted octanol–water partition coefficient (Wildman–Crippen LogP) is 2.95. The lowest BCUT2D eigenvalue weighted by Gasteiger charge is -2.32. The first kappa shape index (κ1) is 12.7. The normalized spacial score (nSPS) is 18.8. The number of H-pyrrole nitrogens is 1. The van der Waals surface area contributed by atoms with Gasteiger partial charge in [-0.2, -0.15) is 0 Å². The van der Waals surface area contributed by atoms with Crippen LogP contribution in [0.5, 0.6) is 0 Å². The molecule has 0 bridgehead atoms. The average Bonchev–Trinajstić information content (AvgIpc) is 2.87. The summed E-state index contributed by atoms with van der Waals surface area (Å²) in [6, 6.07) is 8.54. The van der Waals surface area contributed by atoms with Crippen molar-refractivity contribution in [2.45, 2.75) is 44.2 Å². The number of nitrogens with one attached hydrogen (secondary N) is 2. The number of aromatic nitrogens is 1. The van der Waals surface area contributed by atoms with Crippen molar-refractivity contribution in [3.8, 4) is 0 Å². The lowest BCUT2D eigenvalue weighted by molar-refractivity contribution is 0.00468. The summed E-state index contributed by atoms with van der Waals surface area (Å²) in [5, 5.41) is 15.1. The number of aliphatic hydroxyl groups is 1. The van der Waals surface area contributed by atoms with Gasteiger partial charge in [0.05, 0.1) is 5.60 Å². The van der Waals surface area contributed by atoms with E-state index in [9.17, 15) is 5.11 Å². The molecule has 0 spiro atoms. The summed E-state index contributed by atoms with van der Waals surface area (Å²) in [4.78, 5) is 3.20. The van der Waals surface area contributed by atoms with E-state index < -0.39 is 5.60 Å². The van der Waals surface area contributed by atoms with Crippen LogP contribution in [0.1, 0.15) is 37.7 Å². The van der Waals surface area contributed by atoms with E-state index in [-0.39, 0.29) is 0 Å². The van der Waals surface area contributed by atoms with Gasteiger partial charge in [0.2, 0.25) is 0 Å². The highest BCUT2D eigenvalue weighted by Crippen LogP contribution is 2.27. The lowest BCUT2D eigenvalue weighted by atomic mass is 9.85. The summed E-state index contributed by atoms with van der Waals surface area (Å²) in [5.41, 5.74) is 1.97. The minimum absolute atomic E-state index is 0.476. The molecule has 3 N–H and O–H groups in total. The quantitative estimate of drug-likeness (QED) is 0.789. The molecule has 3 nitrogen and oxygen atoms in total. The van der Waals surface area contributed by atoms with E-state index in [2.05, 4.69) is 34.6 Å². The number of benzene rings is 1. The third-order valence-corrected chi connectivity index (χ3v) is 4.19. The van der Waals surface area contributed by atoms with E-state index in [1.165, 1.54) is 22.9 Å². The monoisotopic (exact) mass is 258 g/mol. The van der Waals surface area contributed by atoms with Gasteiger partial charge in [-0.05, 0) is 42.0 Å². The first-order valence-corrected chi connectivity index (χ1v) is 7.24. The molecule has 0 aliphatic heterocycles. The maximum atomic E-state index is 10.4. The summed E-state index contributed by atoms with van der Waals surface area (Å²) in [6.45, 7) is 1.53. The summed E-state index contributed by atoms with van der Waals surface area (Å²) >= 11 is 0. The van der Waals surface area contributed by atoms with E-state index in [4.69, 9.17) is 0 Å². The minimum Gasteiger partial charge on any atom is -0.389 e. The van der Waals surface area contributed by atoms with Gasteiger partial charge in [0, 0.05) is 24.8 Å². The summed E-state index contributed by atoms with van der Waals surface area (Å²) < 4.78 is 0. The van der Waals surface area contributed by atoms with Crippen LogP contribution in [0.25, 0.3) is 10.9 Å². The Morgan fingerprint density at radius 3 is 2.84 bits per heavy atom. The zero-order chi connectivity index (χ0) is 13.1. The Labute approximate surface area is 114 Å². The third kappa shape index (κ3) is 2.99. The molecular formula is C16H22N2O. The molecule has 102 valence electrons. The van der Waals surface area contributed by atoms with E-state index in [0.29, 0.717) is 6.54 Å². The molecule has 1 heterocycles. The average molecular weight is 258 g/mol. The second-order valence-corrected chi connectivity index (χ2v) is 5.79. The predicted molar refractivity (Wildman–Crippen MR) is 78.0 cm³/mol. The van der Waals surface area contributed by atoms with Gasteiger partial charge in [0.15, 0.2) is 0 Å². The number of hydrogen-bond donors (Lipinski definition) is 3. The lowest BCUT2D eigenvalue weighted by Crippen LogP contribution is -2.41. The Morgan fingerprint density at radius 2 is 2.00 bits per heavy atom. The van der Waals surface area contributed by atoms with Crippen molar-refractivity contribution in [1.29, 1.82) is 0 Å². The fraction of sp³-hybridized carbons (Fsp3) is 0.500. The van der Waals surface area contributed by atoms with Crippen LogP contribution in [0.15, 0.2) is 30.5 Å². The molecular weight excluding hydrogens is 236 g/mol. The van der Waals surface area contributed by atoms with Crippen molar-refractivity contribution in [2.24, 2.45) is 0 Å². The second kappa shape index (κ2) is 5.35. The van der Waals surface area contributed by atoms with E-state index in [1.807, 2.05) is 6.20 Å². The maximum Gasteiger partial charge on any atom is 0.0771 e. The van der Waals surface area contributed by atoms with Gasteiger partial charge in [-0.3, -0.25) is 0 Å². The van der Waals surface area contributed by atoms with Crippen molar-refractivity contribution in [3.63, 3.8) is 0 Å². The van der Waals surface area contributed by atoms with Crippen molar-refractivity contribution in [3.05, 3.63) is 36.0 Å². The van der Waals surface area contributed by atoms with Crippen LogP contribution in [0.4, 0.5) is 0 Å². The fourth-order valence-corrected chi connectivity index (χ4v) is 3.04. The SMILES string of the molecule is OC1(CNCc2ccc3[nH]ccc3c2)CCCCC1. The Morgan fingerprint density at radius 1 is 1.16 bits per heavy atom. The van der Waals surface area contributed by atoms with Crippen LogP contribution in [0.2, 0.25) is 0 Å². The van der Waals surface area contributed by atoms with Crippen LogP contribution in [-0.2, 0) is 6.54 Å². The molecule has 3 heteroatoms. The fourth-order valence-electron chi connectivity index (χ4n) is 3.04. The highest BCUT2D eigenvalue weighted by Gasteiger charge is 2.28. The first-order chi connectivity index (χ1) is 9.25. The Balaban J connectivity index is 1.56. The summed E-state index contributed by atoms with van der Waals surface area (Å²) in [7, 11) is 0.